The van der Waals surface area contributed by atoms with Gasteiger partial charge in [0.2, 0.25) is 0 Å². The van der Waals surface area contributed by atoms with Crippen molar-refractivity contribution >= 4 is 23.7 Å². The highest BCUT2D eigenvalue weighted by molar-refractivity contribution is 6.08. The topological polar surface area (TPSA) is 102 Å². The zero-order chi connectivity index (χ0) is 27.4. The Morgan fingerprint density at radius 3 is 1.73 bits per heavy atom. The maximum atomic E-state index is 13.6. The van der Waals surface area contributed by atoms with Crippen molar-refractivity contribution in [2.45, 2.75) is 18.4 Å². The molecular weight excluding hydrogens is 506 g/mol. The molecule has 8 rings (SSSR count). The number of imide groups is 1. The van der Waals surface area contributed by atoms with Gasteiger partial charge in [-0.05, 0) is 69.8 Å². The zero-order valence-electron chi connectivity index (χ0n) is 21.2. The van der Waals surface area contributed by atoms with Crippen molar-refractivity contribution in [1.82, 2.24) is 5.01 Å². The molecular formula is C32H23N3O5. The number of carbonyl (C=O) groups excluding carboxylic acids is 2. The van der Waals surface area contributed by atoms with Gasteiger partial charge in [-0.15, -0.1) is 0 Å². The van der Waals surface area contributed by atoms with Crippen molar-refractivity contribution in [3.63, 3.8) is 0 Å². The number of hydrogen-bond donors (Lipinski definition) is 0. The molecule has 0 saturated carbocycles. The molecule has 196 valence electrons. The standard InChI is InChI=1S/C32H23N3O5/c36-31-29-27-23-5-1-2-6-24(23)28(26-8-4-3-7-25(26)27)30(29)32(37)34(31)33-17-19-11-15-22(16-12-19)40-18-20-9-13-21(14-10-20)35(38)39/h1-17,27-30H,18H2/b33-17-/t27?,28?,29-,30-/m1/s1. The molecule has 0 radical (unpaired) electrons. The number of non-ortho nitro benzene ring substituents is 1. The molecule has 0 unspecified atom stereocenters. The fourth-order valence-corrected chi connectivity index (χ4v) is 6.43. The van der Waals surface area contributed by atoms with Gasteiger partial charge in [0, 0.05) is 24.0 Å². The molecule has 2 bridgehead atoms. The van der Waals surface area contributed by atoms with Gasteiger partial charge < -0.3 is 4.74 Å². The van der Waals surface area contributed by atoms with E-state index in [-0.39, 0.29) is 35.9 Å². The molecule has 1 fully saturated rings. The minimum atomic E-state index is -0.463. The minimum Gasteiger partial charge on any atom is -0.489 e. The van der Waals surface area contributed by atoms with Crippen LogP contribution in [0.3, 0.4) is 0 Å². The molecule has 0 aromatic heterocycles. The third kappa shape index (κ3) is 3.71. The van der Waals surface area contributed by atoms with E-state index in [9.17, 15) is 19.7 Å². The first-order valence-corrected chi connectivity index (χ1v) is 13.1. The molecule has 2 amide bonds. The Kier molecular flexibility index (Phi) is 5.55. The smallest absolute Gasteiger partial charge is 0.269 e. The molecule has 40 heavy (non-hydrogen) atoms. The molecule has 4 aliphatic rings. The Labute approximate surface area is 229 Å². The van der Waals surface area contributed by atoms with Crippen LogP contribution in [-0.2, 0) is 16.2 Å². The second kappa shape index (κ2) is 9.27. The summed E-state index contributed by atoms with van der Waals surface area (Å²) in [6.07, 6.45) is 1.52. The SMILES string of the molecule is O=C1[C@@H]2C3c4ccccc4C(c4ccccc43)[C@H]2C(=O)N1/N=C\c1ccc(OCc2ccc([N+](=O)[O-])cc2)cc1. The van der Waals surface area contributed by atoms with Crippen LogP contribution < -0.4 is 4.74 Å². The van der Waals surface area contributed by atoms with Crippen LogP contribution in [0.25, 0.3) is 0 Å². The monoisotopic (exact) mass is 529 g/mol. The van der Waals surface area contributed by atoms with E-state index in [1.54, 1.807) is 36.4 Å². The van der Waals surface area contributed by atoms with Gasteiger partial charge in [-0.2, -0.15) is 10.1 Å². The number of hydrazone groups is 1. The number of benzene rings is 4. The van der Waals surface area contributed by atoms with Crippen LogP contribution in [0.2, 0.25) is 0 Å². The van der Waals surface area contributed by atoms with Gasteiger partial charge in [0.05, 0.1) is 23.0 Å². The summed E-state index contributed by atoms with van der Waals surface area (Å²) in [6.45, 7) is 0.262. The maximum Gasteiger partial charge on any atom is 0.269 e. The van der Waals surface area contributed by atoms with Crippen molar-refractivity contribution in [1.29, 1.82) is 0 Å². The van der Waals surface area contributed by atoms with E-state index in [1.165, 1.54) is 18.3 Å². The molecule has 4 aromatic carbocycles. The fourth-order valence-electron chi connectivity index (χ4n) is 6.43. The number of ether oxygens (including phenoxy) is 1. The number of hydrogen-bond acceptors (Lipinski definition) is 6. The summed E-state index contributed by atoms with van der Waals surface area (Å²) in [5.74, 6) is -1.15. The van der Waals surface area contributed by atoms with E-state index in [4.69, 9.17) is 4.74 Å². The summed E-state index contributed by atoms with van der Waals surface area (Å²) >= 11 is 0. The second-order valence-electron chi connectivity index (χ2n) is 10.3. The number of nitro groups is 1. The van der Waals surface area contributed by atoms with Crippen LogP contribution in [-0.4, -0.2) is 28.0 Å². The zero-order valence-corrected chi connectivity index (χ0v) is 21.2. The highest BCUT2D eigenvalue weighted by Crippen LogP contribution is 2.60. The molecule has 2 atom stereocenters. The normalized spacial score (nSPS) is 22.2. The van der Waals surface area contributed by atoms with E-state index in [2.05, 4.69) is 29.4 Å². The van der Waals surface area contributed by atoms with Crippen molar-refractivity contribution in [2.75, 3.05) is 0 Å². The summed E-state index contributed by atoms with van der Waals surface area (Å²) in [7, 11) is 0. The van der Waals surface area contributed by atoms with Gasteiger partial charge in [0.1, 0.15) is 12.4 Å². The number of amides is 2. The molecule has 8 nitrogen and oxygen atoms in total. The number of nitrogens with zero attached hydrogens (tertiary/aromatic N) is 3. The third-order valence-electron chi connectivity index (χ3n) is 8.18. The summed E-state index contributed by atoms with van der Waals surface area (Å²) in [5, 5.41) is 16.2. The second-order valence-corrected chi connectivity index (χ2v) is 10.3. The molecule has 1 saturated heterocycles. The Balaban J connectivity index is 1.09. The third-order valence-corrected chi connectivity index (χ3v) is 8.18. The van der Waals surface area contributed by atoms with Gasteiger partial charge in [-0.25, -0.2) is 0 Å². The van der Waals surface area contributed by atoms with E-state index in [0.717, 1.165) is 32.8 Å². The summed E-state index contributed by atoms with van der Waals surface area (Å²) < 4.78 is 5.78. The average Bonchev–Trinajstić information content (AvgIpc) is 3.25. The predicted molar refractivity (Wildman–Crippen MR) is 147 cm³/mol. The van der Waals surface area contributed by atoms with E-state index >= 15 is 0 Å². The lowest BCUT2D eigenvalue weighted by Crippen LogP contribution is -2.41. The number of rotatable bonds is 6. The molecule has 4 aromatic rings. The van der Waals surface area contributed by atoms with Crippen LogP contribution in [0.1, 0.15) is 45.2 Å². The van der Waals surface area contributed by atoms with Gasteiger partial charge in [0.25, 0.3) is 17.5 Å². The Morgan fingerprint density at radius 1 is 0.750 bits per heavy atom. The molecule has 0 spiro atoms. The Morgan fingerprint density at radius 2 is 1.25 bits per heavy atom. The molecule has 1 aliphatic heterocycles. The van der Waals surface area contributed by atoms with Crippen molar-refractivity contribution in [2.24, 2.45) is 16.9 Å². The lowest BCUT2D eigenvalue weighted by atomic mass is 9.55. The van der Waals surface area contributed by atoms with Crippen molar-refractivity contribution in [3.8, 4) is 5.75 Å². The first kappa shape index (κ1) is 24.0. The van der Waals surface area contributed by atoms with E-state index in [0.29, 0.717) is 11.3 Å². The van der Waals surface area contributed by atoms with Crippen molar-refractivity contribution in [3.05, 3.63) is 141 Å². The minimum absolute atomic E-state index is 0.0309. The first-order valence-electron chi connectivity index (χ1n) is 13.1. The van der Waals surface area contributed by atoms with Crippen LogP contribution >= 0.6 is 0 Å². The van der Waals surface area contributed by atoms with E-state index < -0.39 is 16.8 Å². The van der Waals surface area contributed by atoms with Crippen LogP contribution in [0.4, 0.5) is 5.69 Å². The van der Waals surface area contributed by atoms with Crippen LogP contribution in [0.5, 0.6) is 5.75 Å². The Hall–Kier alpha value is -5.11. The van der Waals surface area contributed by atoms with Crippen LogP contribution in [0, 0.1) is 22.0 Å². The summed E-state index contributed by atoms with van der Waals surface area (Å²) in [6, 6.07) is 29.6. The van der Waals surface area contributed by atoms with E-state index in [1.807, 2.05) is 24.3 Å². The fraction of sp³-hybridized carbons (Fsp3) is 0.156. The number of carbonyl (C=O) groups is 2. The van der Waals surface area contributed by atoms with Gasteiger partial charge in [-0.1, -0.05) is 48.5 Å². The quantitative estimate of drug-likeness (QED) is 0.144. The molecule has 8 heteroatoms. The van der Waals surface area contributed by atoms with Gasteiger partial charge in [0.15, 0.2) is 0 Å². The van der Waals surface area contributed by atoms with Crippen LogP contribution in [0.15, 0.2) is 102 Å². The average molecular weight is 530 g/mol. The predicted octanol–water partition coefficient (Wildman–Crippen LogP) is 5.40. The lowest BCUT2D eigenvalue weighted by Gasteiger charge is -2.45. The summed E-state index contributed by atoms with van der Waals surface area (Å²) in [5.41, 5.74) is 6.07. The largest absolute Gasteiger partial charge is 0.489 e. The molecule has 3 aliphatic carbocycles. The lowest BCUT2D eigenvalue weighted by molar-refractivity contribution is -0.384. The maximum absolute atomic E-state index is 13.6. The first-order chi connectivity index (χ1) is 19.5. The molecule has 1 heterocycles. The van der Waals surface area contributed by atoms with Gasteiger partial charge in [-0.3, -0.25) is 19.7 Å². The molecule has 0 N–H and O–H groups in total. The summed E-state index contributed by atoms with van der Waals surface area (Å²) in [4.78, 5) is 37.7. The highest BCUT2D eigenvalue weighted by Gasteiger charge is 2.61. The Bertz CT molecular complexity index is 1580. The van der Waals surface area contributed by atoms with Gasteiger partial charge >= 0.3 is 0 Å². The van der Waals surface area contributed by atoms with Crippen molar-refractivity contribution < 1.29 is 19.2 Å². The number of nitro benzene ring substituents is 1. The highest BCUT2D eigenvalue weighted by atomic mass is 16.6.